The van der Waals surface area contributed by atoms with Crippen molar-refractivity contribution in [1.82, 2.24) is 49.7 Å². The Balaban J connectivity index is 0.000000144. The van der Waals surface area contributed by atoms with Crippen molar-refractivity contribution < 1.29 is 14.7 Å². The molecule has 17 nitrogen and oxygen atoms in total. The SMILES string of the molecule is Cl.Cn1cc(-c2ncc(C#N)c(N3C[C@@H]4C[C@H]3CN4C(=O)C3CC3)n2)cn1.O=C(O)C1CC1.[C-]#[N+]c1cnc(-c2cnn(C)c2)nc1N1C[C@@H]2C[C@H]1CN2. The van der Waals surface area contributed by atoms with Gasteiger partial charge in [-0.05, 0) is 38.5 Å². The summed E-state index contributed by atoms with van der Waals surface area (Å²) in [6.45, 7) is 10.7. The van der Waals surface area contributed by atoms with Crippen LogP contribution >= 0.6 is 12.4 Å². The summed E-state index contributed by atoms with van der Waals surface area (Å²) in [7, 11) is 3.71. The molecule has 6 aliphatic rings. The van der Waals surface area contributed by atoms with Gasteiger partial charge in [0.2, 0.25) is 11.6 Å². The molecular weight excluding hydrogens is 712 g/mol. The molecule has 0 radical (unpaired) electrons. The van der Waals surface area contributed by atoms with E-state index in [1.807, 2.05) is 31.4 Å². The fourth-order valence-electron chi connectivity index (χ4n) is 7.59. The van der Waals surface area contributed by atoms with Crippen molar-refractivity contribution in [2.75, 3.05) is 36.0 Å². The first-order valence-electron chi connectivity index (χ1n) is 18.0. The summed E-state index contributed by atoms with van der Waals surface area (Å²) >= 11 is 0. The van der Waals surface area contributed by atoms with Crippen molar-refractivity contribution in [2.24, 2.45) is 25.9 Å². The lowest BCUT2D eigenvalue weighted by Crippen LogP contribution is -2.49. The number of aryl methyl sites for hydroxylation is 2. The molecule has 0 aromatic carbocycles. The van der Waals surface area contributed by atoms with Crippen molar-refractivity contribution in [1.29, 1.82) is 5.26 Å². The molecule has 4 bridgehead atoms. The minimum absolute atomic E-state index is 0. The average molecular weight is 753 g/mol. The van der Waals surface area contributed by atoms with Crippen molar-refractivity contribution in [3.63, 3.8) is 0 Å². The highest BCUT2D eigenvalue weighted by atomic mass is 35.5. The monoisotopic (exact) mass is 752 g/mol. The summed E-state index contributed by atoms with van der Waals surface area (Å²) in [5, 5.41) is 29.3. The lowest BCUT2D eigenvalue weighted by atomic mass is 10.2. The number of carboxylic acid groups (broad SMARTS) is 1. The van der Waals surface area contributed by atoms with Gasteiger partial charge in [0, 0.05) is 76.9 Å². The number of hydrogen-bond acceptors (Lipinski definition) is 12. The third-order valence-corrected chi connectivity index (χ3v) is 10.7. The Bertz CT molecular complexity index is 2130. The number of aromatic nitrogens is 8. The molecule has 6 fully saturated rings. The molecule has 4 aromatic rings. The maximum atomic E-state index is 12.4. The molecule has 2 N–H and O–H groups in total. The Morgan fingerprint density at radius 3 is 1.94 bits per heavy atom. The molecule has 4 saturated heterocycles. The number of nitrogens with one attached hydrogen (secondary N) is 1. The van der Waals surface area contributed by atoms with Gasteiger partial charge in [0.05, 0.1) is 54.3 Å². The summed E-state index contributed by atoms with van der Waals surface area (Å²) in [4.78, 5) is 50.2. The van der Waals surface area contributed by atoms with Crippen LogP contribution in [0.4, 0.5) is 17.3 Å². The van der Waals surface area contributed by atoms with Gasteiger partial charge >= 0.3 is 5.97 Å². The number of carbonyl (C=O) groups excluding carboxylic acids is 1. The van der Waals surface area contributed by atoms with Gasteiger partial charge < -0.3 is 25.1 Å². The zero-order chi connectivity index (χ0) is 36.8. The first kappa shape index (κ1) is 36.7. The Labute approximate surface area is 318 Å². The van der Waals surface area contributed by atoms with E-state index in [0.717, 1.165) is 81.6 Å². The zero-order valence-electron chi connectivity index (χ0n) is 30.0. The van der Waals surface area contributed by atoms with E-state index in [9.17, 15) is 14.9 Å². The van der Waals surface area contributed by atoms with Gasteiger partial charge in [-0.3, -0.25) is 19.0 Å². The standard InChI is InChI=1S/C18H19N7O.C14H15N7.C4H6O2.ClH/c1-23-8-13(7-21-23)16-20-6-12(5-19)17(22-16)24-9-15-4-14(24)10-25(15)18(26)11-2-3-11;1-15-12-6-17-13(9-4-18-20(2)7-9)19-14(12)21-8-10-3-11(21)5-16-10;5-4(6)3-1-2-3;/h6-8,11,14-15H,2-4,9-10H2,1H3;4,6-7,10-11,16H,3,5,8H2,2H3;3H,1-2H2,(H,5,6);1H/t14-,15-;10-,11-;;/m00../s1. The summed E-state index contributed by atoms with van der Waals surface area (Å²) in [5.41, 5.74) is 2.70. The minimum atomic E-state index is -0.630. The smallest absolute Gasteiger partial charge is 0.306 e. The van der Waals surface area contributed by atoms with Gasteiger partial charge in [-0.2, -0.15) is 15.5 Å². The highest BCUT2D eigenvalue weighted by Crippen LogP contribution is 2.40. The average Bonchev–Trinajstić information content (AvgIpc) is 3.81. The van der Waals surface area contributed by atoms with Gasteiger partial charge in [0.25, 0.3) is 0 Å². The van der Waals surface area contributed by atoms with Crippen LogP contribution in [0.2, 0.25) is 0 Å². The van der Waals surface area contributed by atoms with E-state index in [1.165, 1.54) is 0 Å². The van der Waals surface area contributed by atoms with E-state index >= 15 is 0 Å². The first-order valence-corrected chi connectivity index (χ1v) is 18.0. The van der Waals surface area contributed by atoms with Crippen LogP contribution in [0.3, 0.4) is 0 Å². The number of hydrogen-bond donors (Lipinski definition) is 2. The predicted molar refractivity (Wildman–Crippen MR) is 199 cm³/mol. The van der Waals surface area contributed by atoms with E-state index in [-0.39, 0.29) is 36.3 Å². The zero-order valence-corrected chi connectivity index (χ0v) is 30.8. The van der Waals surface area contributed by atoms with Gasteiger partial charge in [0.15, 0.2) is 17.5 Å². The second kappa shape index (κ2) is 15.0. The summed E-state index contributed by atoms with van der Waals surface area (Å²) in [5.74, 6) is 2.59. The van der Waals surface area contributed by atoms with Gasteiger partial charge in [-0.1, -0.05) is 0 Å². The van der Waals surface area contributed by atoms with Crippen LogP contribution in [0.5, 0.6) is 0 Å². The maximum Gasteiger partial charge on any atom is 0.306 e. The summed E-state index contributed by atoms with van der Waals surface area (Å²) in [6, 6.07) is 3.63. The number of carbonyl (C=O) groups is 2. The minimum Gasteiger partial charge on any atom is -0.481 e. The van der Waals surface area contributed by atoms with Crippen molar-refractivity contribution in [3.05, 3.63) is 54.2 Å². The molecule has 1 amide bonds. The number of anilines is 2. The van der Waals surface area contributed by atoms with Gasteiger partial charge in [-0.25, -0.2) is 24.8 Å². The molecule has 4 aliphatic heterocycles. The number of amides is 1. The normalized spacial score (nSPS) is 23.1. The van der Waals surface area contributed by atoms with Crippen molar-refractivity contribution in [2.45, 2.75) is 62.7 Å². The Hall–Kier alpha value is -5.65. The molecule has 54 heavy (non-hydrogen) atoms. The second-order valence-corrected chi connectivity index (χ2v) is 14.6. The van der Waals surface area contributed by atoms with Crippen LogP contribution in [0.25, 0.3) is 27.6 Å². The fraction of sp³-hybridized carbons (Fsp3) is 0.500. The molecule has 0 spiro atoms. The summed E-state index contributed by atoms with van der Waals surface area (Å²) < 4.78 is 3.43. The molecule has 2 aliphatic carbocycles. The number of piperazine rings is 2. The first-order chi connectivity index (χ1) is 25.7. The van der Waals surface area contributed by atoms with E-state index < -0.39 is 5.97 Å². The Morgan fingerprint density at radius 1 is 0.852 bits per heavy atom. The Kier molecular flexibility index (Phi) is 10.2. The van der Waals surface area contributed by atoms with Crippen LogP contribution < -0.4 is 15.1 Å². The quantitative estimate of drug-likeness (QED) is 0.274. The molecule has 8 heterocycles. The maximum absolute atomic E-state index is 12.4. The number of nitriles is 1. The number of halogens is 1. The van der Waals surface area contributed by atoms with Gasteiger partial charge in [0.1, 0.15) is 17.5 Å². The Morgan fingerprint density at radius 2 is 1.48 bits per heavy atom. The molecule has 280 valence electrons. The van der Waals surface area contributed by atoms with Crippen LogP contribution in [0.15, 0.2) is 37.2 Å². The van der Waals surface area contributed by atoms with Crippen LogP contribution in [-0.4, -0.2) is 112 Å². The van der Waals surface area contributed by atoms with E-state index in [4.69, 9.17) is 11.7 Å². The highest BCUT2D eigenvalue weighted by molar-refractivity contribution is 5.85. The highest BCUT2D eigenvalue weighted by Gasteiger charge is 2.49. The molecule has 4 aromatic heterocycles. The third-order valence-electron chi connectivity index (χ3n) is 10.7. The van der Waals surface area contributed by atoms with Crippen LogP contribution in [0.1, 0.15) is 44.1 Å². The third kappa shape index (κ3) is 7.42. The number of fused-ring (bicyclic) bond motifs is 4. The van der Waals surface area contributed by atoms with Crippen molar-refractivity contribution >= 4 is 41.6 Å². The molecule has 2 saturated carbocycles. The van der Waals surface area contributed by atoms with Crippen LogP contribution in [-0.2, 0) is 23.7 Å². The number of nitrogens with zero attached hydrogens (tertiary/aromatic N) is 13. The largest absolute Gasteiger partial charge is 0.481 e. The lowest BCUT2D eigenvalue weighted by molar-refractivity contribution is -0.138. The molecule has 18 heteroatoms. The van der Waals surface area contributed by atoms with Gasteiger partial charge in [-0.15, -0.1) is 12.4 Å². The van der Waals surface area contributed by atoms with Crippen molar-refractivity contribution in [3.8, 4) is 28.8 Å². The topological polar surface area (TPSA) is 191 Å². The molecular formula is C36H41ClN14O3. The number of carboxylic acids is 1. The van der Waals surface area contributed by atoms with E-state index in [0.29, 0.717) is 46.7 Å². The van der Waals surface area contributed by atoms with E-state index in [1.54, 1.807) is 34.2 Å². The van der Waals surface area contributed by atoms with Crippen LogP contribution in [0, 0.1) is 29.7 Å². The number of likely N-dealkylation sites (tertiary alicyclic amines) is 1. The second-order valence-electron chi connectivity index (χ2n) is 14.6. The number of rotatable bonds is 6. The molecule has 10 rings (SSSR count). The van der Waals surface area contributed by atoms with E-state index in [2.05, 4.69) is 56.2 Å². The fourth-order valence-corrected chi connectivity index (χ4v) is 7.59. The number of aliphatic carboxylic acids is 1. The predicted octanol–water partition coefficient (Wildman–Crippen LogP) is 2.83. The molecule has 0 unspecified atom stereocenters. The summed E-state index contributed by atoms with van der Waals surface area (Å²) in [6.07, 6.45) is 16.4. The lowest BCUT2D eigenvalue weighted by Gasteiger charge is -2.35. The molecule has 4 atom stereocenters.